The van der Waals surface area contributed by atoms with Crippen molar-refractivity contribution in [3.05, 3.63) is 50.5 Å². The van der Waals surface area contributed by atoms with Crippen LogP contribution in [0.5, 0.6) is 5.75 Å². The highest BCUT2D eigenvalue weighted by Gasteiger charge is 2.54. The van der Waals surface area contributed by atoms with Crippen molar-refractivity contribution in [3.8, 4) is 5.75 Å². The highest BCUT2D eigenvalue weighted by molar-refractivity contribution is 8.01. The third-order valence-corrected chi connectivity index (χ3v) is 9.03. The molecule has 0 spiro atoms. The van der Waals surface area contributed by atoms with Gasteiger partial charge in [0.2, 0.25) is 10.6 Å². The molecule has 0 radical (unpaired) electrons. The van der Waals surface area contributed by atoms with E-state index in [-0.39, 0.29) is 51.1 Å². The smallest absolute Gasteiger partial charge is 0.352 e. The lowest BCUT2D eigenvalue weighted by atomic mass is 10.0. The second-order valence-corrected chi connectivity index (χ2v) is 11.5. The number of rotatable bonds is 10. The average molecular weight is 637 g/mol. The summed E-state index contributed by atoms with van der Waals surface area (Å²) in [5.74, 6) is -2.98. The number of tetrazole rings is 1. The number of pyridine rings is 1. The highest BCUT2D eigenvalue weighted by atomic mass is 32.2. The van der Waals surface area contributed by atoms with Crippen LogP contribution in [-0.2, 0) is 25.8 Å². The summed E-state index contributed by atoms with van der Waals surface area (Å²) in [6.07, 6.45) is 0.842. The number of nitrogens with one attached hydrogen (secondary N) is 1. The maximum Gasteiger partial charge on any atom is 0.352 e. The van der Waals surface area contributed by atoms with Crippen LogP contribution in [0.1, 0.15) is 11.4 Å². The van der Waals surface area contributed by atoms with Crippen LogP contribution >= 0.6 is 34.9 Å². The number of nitrogens with zero attached hydrogens (tertiary/aromatic N) is 8. The molecule has 0 unspecified atom stereocenters. The van der Waals surface area contributed by atoms with E-state index >= 15 is 0 Å². The van der Waals surface area contributed by atoms with Gasteiger partial charge >= 0.3 is 5.97 Å². The van der Waals surface area contributed by atoms with Crippen molar-refractivity contribution in [1.29, 1.82) is 0 Å². The van der Waals surface area contributed by atoms with E-state index in [1.165, 1.54) is 28.9 Å². The van der Waals surface area contributed by atoms with E-state index in [2.05, 4.69) is 31.0 Å². The lowest BCUT2D eigenvalue weighted by molar-refractivity contribution is -0.150. The first kappa shape index (κ1) is 28.9. The van der Waals surface area contributed by atoms with Gasteiger partial charge in [-0.05, 0) is 16.0 Å². The minimum atomic E-state index is -1.32. The maximum absolute atomic E-state index is 13.1. The van der Waals surface area contributed by atoms with Gasteiger partial charge in [0.05, 0.1) is 18.4 Å². The fraction of sp³-hybridized carbons (Fsp3) is 0.286. The van der Waals surface area contributed by atoms with Gasteiger partial charge in [-0.3, -0.25) is 19.3 Å². The normalized spacial score (nSPS) is 18.5. The summed E-state index contributed by atoms with van der Waals surface area (Å²) in [5.41, 5.74) is 5.22. The first-order chi connectivity index (χ1) is 20.1. The van der Waals surface area contributed by atoms with Gasteiger partial charge in [-0.15, -0.1) is 28.2 Å². The molecule has 0 saturated carbocycles. The van der Waals surface area contributed by atoms with E-state index in [1.807, 2.05) is 0 Å². The minimum absolute atomic E-state index is 0.0877. The number of carboxylic acids is 1. The Morgan fingerprint density at radius 2 is 2.14 bits per heavy atom. The summed E-state index contributed by atoms with van der Waals surface area (Å²) in [6, 6.07) is 0.00741. The molecule has 3 aromatic heterocycles. The third-order valence-electron chi connectivity index (χ3n) is 5.97. The number of hydrogen-bond acceptors (Lipinski definition) is 16. The zero-order chi connectivity index (χ0) is 30.1. The predicted octanol–water partition coefficient (Wildman–Crippen LogP) is -1.25. The number of thiazole rings is 1. The number of nitrogens with two attached hydrogens (primary N) is 1. The minimum Gasteiger partial charge on any atom is -0.503 e. The molecule has 2 amide bonds. The zero-order valence-electron chi connectivity index (χ0n) is 21.3. The fourth-order valence-electron chi connectivity index (χ4n) is 4.07. The monoisotopic (exact) mass is 636 g/mol. The number of carboxylic acid groups (broad SMARTS) is 1. The van der Waals surface area contributed by atoms with Gasteiger partial charge in [-0.1, -0.05) is 16.9 Å². The van der Waals surface area contributed by atoms with Crippen LogP contribution in [-0.4, -0.2) is 104 Å². The lowest BCUT2D eigenvalue weighted by Gasteiger charge is -2.49. The van der Waals surface area contributed by atoms with E-state index < -0.39 is 40.4 Å². The molecule has 1 fully saturated rings. The Bertz CT molecular complexity index is 1700. The van der Waals surface area contributed by atoms with E-state index in [4.69, 9.17) is 10.6 Å². The van der Waals surface area contributed by atoms with Crippen LogP contribution in [0.3, 0.4) is 0 Å². The number of aromatic nitrogens is 6. The second-order valence-electron chi connectivity index (χ2n) is 8.58. The first-order valence-corrected chi connectivity index (χ1v) is 14.6. The van der Waals surface area contributed by atoms with Crippen LogP contribution in [0.4, 0.5) is 5.13 Å². The molecule has 2 aliphatic rings. The molecule has 21 heteroatoms. The standard InChI is InChI=1S/C21H20N10O8S3/c1-39-26-13(10-7-41-20(22)23-10)16(34)24-14-17(35)31-15(19(36)37)8(5-40-18(14)31)6-42-21-25-27-28-29(21)3-9-2-11(32)12(33)4-30(9)38/h2,4,7,14,18,33,38H,3,5-6H2,1H3,(H2,22,23)(H,24,34)(H,36,37)/t14-,18+/m1/s1. The second kappa shape index (κ2) is 11.7. The number of aliphatic carboxylic acids is 1. The number of β-lactam (4-membered cyclic amide) rings is 1. The Morgan fingerprint density at radius 1 is 1.36 bits per heavy atom. The molecule has 1 saturated heterocycles. The number of oxime groups is 1. The van der Waals surface area contributed by atoms with Crippen molar-refractivity contribution < 1.29 is 34.6 Å². The van der Waals surface area contributed by atoms with Crippen LogP contribution < -0.4 is 16.5 Å². The molecule has 3 aromatic rings. The molecule has 2 aliphatic heterocycles. The number of fused-ring (bicyclic) bond motifs is 1. The van der Waals surface area contributed by atoms with Crippen molar-refractivity contribution in [3.63, 3.8) is 0 Å². The first-order valence-electron chi connectivity index (χ1n) is 11.6. The molecule has 0 bridgehead atoms. The summed E-state index contributed by atoms with van der Waals surface area (Å²) in [7, 11) is 1.25. The number of nitrogen functional groups attached to an aromatic ring is 1. The number of amides is 2. The van der Waals surface area contributed by atoms with Gasteiger partial charge in [-0.2, -0.15) is 4.73 Å². The van der Waals surface area contributed by atoms with Crippen molar-refractivity contribution in [1.82, 2.24) is 40.1 Å². The summed E-state index contributed by atoms with van der Waals surface area (Å²) >= 11 is 3.44. The van der Waals surface area contributed by atoms with Crippen molar-refractivity contribution in [2.24, 2.45) is 5.16 Å². The van der Waals surface area contributed by atoms with E-state index in [1.54, 1.807) is 0 Å². The van der Waals surface area contributed by atoms with Crippen LogP contribution in [0, 0.1) is 0 Å². The SMILES string of the molecule is CON=C(C(=O)N[C@@H]1C(=O)N2C(C(=O)O)=C(CSc3nnnn3Cc3cc(=O)c(O)cn3O)CS[C@@H]12)c1csc(N)n1. The largest absolute Gasteiger partial charge is 0.503 e. The number of carbonyl (C=O) groups is 3. The Labute approximate surface area is 246 Å². The summed E-state index contributed by atoms with van der Waals surface area (Å²) in [6.45, 7) is -0.128. The Kier molecular flexibility index (Phi) is 8.04. The molecule has 0 aromatic carbocycles. The quantitative estimate of drug-likeness (QED) is 0.0573. The average Bonchev–Trinajstić information content (AvgIpc) is 3.59. The van der Waals surface area contributed by atoms with E-state index in [9.17, 15) is 34.6 Å². The number of aromatic hydroxyl groups is 1. The van der Waals surface area contributed by atoms with Gasteiger partial charge < -0.3 is 31.3 Å². The van der Waals surface area contributed by atoms with E-state index in [0.29, 0.717) is 10.3 Å². The molecule has 2 atom stereocenters. The van der Waals surface area contributed by atoms with Gasteiger partial charge in [-0.25, -0.2) is 14.5 Å². The van der Waals surface area contributed by atoms with E-state index in [0.717, 1.165) is 40.3 Å². The molecule has 5 rings (SSSR count). The molecule has 42 heavy (non-hydrogen) atoms. The van der Waals surface area contributed by atoms with Crippen molar-refractivity contribution in [2.75, 3.05) is 24.3 Å². The highest BCUT2D eigenvalue weighted by Crippen LogP contribution is 2.41. The molecular formula is C21H20N10O8S3. The van der Waals surface area contributed by atoms with Gasteiger partial charge in [0, 0.05) is 23.0 Å². The molecule has 6 N–H and O–H groups in total. The topological polar surface area (TPSA) is 253 Å². The van der Waals surface area contributed by atoms with Crippen LogP contribution in [0.15, 0.2) is 44.0 Å². The molecule has 18 nitrogen and oxygen atoms in total. The van der Waals surface area contributed by atoms with Crippen molar-refractivity contribution >= 4 is 63.5 Å². The number of hydrogen-bond donors (Lipinski definition) is 5. The zero-order valence-corrected chi connectivity index (χ0v) is 23.7. The van der Waals surface area contributed by atoms with Gasteiger partial charge in [0.25, 0.3) is 11.8 Å². The van der Waals surface area contributed by atoms with Crippen molar-refractivity contribution in [2.45, 2.75) is 23.1 Å². The maximum atomic E-state index is 13.1. The summed E-state index contributed by atoms with van der Waals surface area (Å²) in [5, 5.41) is 48.3. The third kappa shape index (κ3) is 5.47. The van der Waals surface area contributed by atoms with Crippen LogP contribution in [0.25, 0.3) is 0 Å². The molecular weight excluding hydrogens is 616 g/mol. The van der Waals surface area contributed by atoms with Gasteiger partial charge in [0.15, 0.2) is 16.6 Å². The molecule has 220 valence electrons. The molecule has 0 aliphatic carbocycles. The Hall–Kier alpha value is -4.63. The number of anilines is 1. The predicted molar refractivity (Wildman–Crippen MR) is 147 cm³/mol. The lowest BCUT2D eigenvalue weighted by Crippen LogP contribution is -2.71. The summed E-state index contributed by atoms with van der Waals surface area (Å²) in [4.78, 5) is 59.9. The molecule has 5 heterocycles. The Morgan fingerprint density at radius 3 is 2.83 bits per heavy atom. The van der Waals surface area contributed by atoms with Gasteiger partial charge in [0.1, 0.15) is 29.9 Å². The number of carbonyl (C=O) groups excluding carboxylic acids is 2. The number of thioether (sulfide) groups is 2. The summed E-state index contributed by atoms with van der Waals surface area (Å²) < 4.78 is 1.84. The fourth-order valence-corrected chi connectivity index (χ4v) is 6.98. The van der Waals surface area contributed by atoms with Crippen LogP contribution in [0.2, 0.25) is 0 Å². The Balaban J connectivity index is 1.29.